The van der Waals surface area contributed by atoms with E-state index in [4.69, 9.17) is 0 Å². The Balaban J connectivity index is 1.93. The highest BCUT2D eigenvalue weighted by molar-refractivity contribution is 5.47. The van der Waals surface area contributed by atoms with E-state index in [9.17, 15) is 5.11 Å². The van der Waals surface area contributed by atoms with Gasteiger partial charge in [-0.05, 0) is 38.4 Å². The normalized spacial score (nSPS) is 17.6. The topological polar surface area (TPSA) is 23.5 Å². The first-order chi connectivity index (χ1) is 11.7. The molecule has 1 unspecified atom stereocenters. The molecule has 1 aliphatic heterocycles. The number of nitrogens with zero attached hydrogens (tertiary/aromatic N) is 1. The summed E-state index contributed by atoms with van der Waals surface area (Å²) in [5.74, 6) is 6.43. The number of rotatable bonds is 3. The van der Waals surface area contributed by atoms with Crippen LogP contribution in [0.5, 0.6) is 0 Å². The van der Waals surface area contributed by atoms with E-state index >= 15 is 0 Å². The molecule has 1 atom stereocenters. The Hall–Kier alpha value is -2.08. The molecule has 2 aromatic rings. The summed E-state index contributed by atoms with van der Waals surface area (Å²) in [6.45, 7) is 4.97. The predicted molar refractivity (Wildman–Crippen MR) is 98.7 cm³/mol. The van der Waals surface area contributed by atoms with Crippen molar-refractivity contribution in [2.24, 2.45) is 0 Å². The molecular formula is C22H25NO. The number of piperidine rings is 1. The lowest BCUT2D eigenvalue weighted by Crippen LogP contribution is -2.31. The fraction of sp³-hybridized carbons (Fsp3) is 0.364. The van der Waals surface area contributed by atoms with Crippen LogP contribution in [-0.4, -0.2) is 29.6 Å². The van der Waals surface area contributed by atoms with E-state index in [1.54, 1.807) is 0 Å². The quantitative estimate of drug-likeness (QED) is 0.872. The van der Waals surface area contributed by atoms with Gasteiger partial charge in [-0.2, -0.15) is 0 Å². The molecule has 124 valence electrons. The van der Waals surface area contributed by atoms with Gasteiger partial charge in [-0.3, -0.25) is 4.90 Å². The largest absolute Gasteiger partial charge is 0.369 e. The number of hydrogen-bond donors (Lipinski definition) is 1. The molecule has 0 aliphatic carbocycles. The highest BCUT2D eigenvalue weighted by atomic mass is 16.3. The average Bonchev–Trinajstić information content (AvgIpc) is 2.63. The van der Waals surface area contributed by atoms with Crippen molar-refractivity contribution in [3.05, 3.63) is 71.3 Å². The van der Waals surface area contributed by atoms with Crippen molar-refractivity contribution in [3.63, 3.8) is 0 Å². The molecule has 0 amide bonds. The van der Waals surface area contributed by atoms with Gasteiger partial charge in [0.15, 0.2) is 5.60 Å². The van der Waals surface area contributed by atoms with Crippen molar-refractivity contribution in [1.82, 2.24) is 4.90 Å². The zero-order valence-corrected chi connectivity index (χ0v) is 14.3. The number of aryl methyl sites for hydroxylation is 1. The zero-order chi connectivity index (χ0) is 16.8. The average molecular weight is 319 g/mol. The molecule has 3 rings (SSSR count). The van der Waals surface area contributed by atoms with Crippen LogP contribution in [0.4, 0.5) is 0 Å². The third kappa shape index (κ3) is 3.70. The molecule has 2 nitrogen and oxygen atoms in total. The standard InChI is InChI=1S/C22H25NO/c1-19-11-6-7-14-21(19)22(24,20-12-4-2-5-13-20)15-10-18-23-16-8-3-9-17-23/h2,4-7,11-14,24H,3,8-9,16-18H2,1H3. The van der Waals surface area contributed by atoms with Crippen LogP contribution in [-0.2, 0) is 5.60 Å². The van der Waals surface area contributed by atoms with Crippen LogP contribution in [0.2, 0.25) is 0 Å². The van der Waals surface area contributed by atoms with Crippen LogP contribution >= 0.6 is 0 Å². The van der Waals surface area contributed by atoms with Crippen LogP contribution < -0.4 is 0 Å². The Morgan fingerprint density at radius 1 is 0.958 bits per heavy atom. The van der Waals surface area contributed by atoms with E-state index in [-0.39, 0.29) is 0 Å². The SMILES string of the molecule is Cc1ccccc1C(O)(C#CCN1CCCCC1)c1ccccc1. The lowest BCUT2D eigenvalue weighted by molar-refractivity contribution is 0.144. The molecular weight excluding hydrogens is 294 g/mol. The molecule has 1 saturated heterocycles. The Kier molecular flexibility index (Phi) is 5.35. The summed E-state index contributed by atoms with van der Waals surface area (Å²) >= 11 is 0. The van der Waals surface area contributed by atoms with E-state index in [2.05, 4.69) is 16.7 Å². The Morgan fingerprint density at radius 3 is 2.33 bits per heavy atom. The number of likely N-dealkylation sites (tertiary alicyclic amines) is 1. The van der Waals surface area contributed by atoms with Gasteiger partial charge in [-0.1, -0.05) is 72.9 Å². The van der Waals surface area contributed by atoms with Crippen molar-refractivity contribution in [2.75, 3.05) is 19.6 Å². The lowest BCUT2D eigenvalue weighted by Gasteiger charge is -2.26. The van der Waals surface area contributed by atoms with Gasteiger partial charge in [0.25, 0.3) is 0 Å². The maximum Gasteiger partial charge on any atom is 0.177 e. The Morgan fingerprint density at radius 2 is 1.62 bits per heavy atom. The summed E-state index contributed by atoms with van der Waals surface area (Å²) < 4.78 is 0. The molecule has 1 heterocycles. The van der Waals surface area contributed by atoms with Gasteiger partial charge < -0.3 is 5.11 Å². The molecule has 1 aliphatic rings. The van der Waals surface area contributed by atoms with Gasteiger partial charge >= 0.3 is 0 Å². The lowest BCUT2D eigenvalue weighted by atomic mass is 9.84. The molecule has 0 radical (unpaired) electrons. The van der Waals surface area contributed by atoms with Gasteiger partial charge in [-0.15, -0.1) is 0 Å². The minimum absolute atomic E-state index is 0.723. The fourth-order valence-electron chi connectivity index (χ4n) is 3.35. The van der Waals surface area contributed by atoms with Crippen molar-refractivity contribution >= 4 is 0 Å². The van der Waals surface area contributed by atoms with Crippen molar-refractivity contribution in [3.8, 4) is 11.8 Å². The third-order valence-electron chi connectivity index (χ3n) is 4.75. The summed E-state index contributed by atoms with van der Waals surface area (Å²) in [7, 11) is 0. The van der Waals surface area contributed by atoms with Crippen molar-refractivity contribution in [2.45, 2.75) is 31.8 Å². The summed E-state index contributed by atoms with van der Waals surface area (Å²) in [5.41, 5.74) is 1.48. The number of aliphatic hydroxyl groups is 1. The third-order valence-corrected chi connectivity index (χ3v) is 4.75. The van der Waals surface area contributed by atoms with E-state index in [0.29, 0.717) is 0 Å². The molecule has 1 fully saturated rings. The second-order valence-electron chi connectivity index (χ2n) is 6.53. The molecule has 2 heteroatoms. The summed E-state index contributed by atoms with van der Waals surface area (Å²) in [6.07, 6.45) is 3.83. The minimum atomic E-state index is -1.26. The van der Waals surface area contributed by atoms with Crippen molar-refractivity contribution in [1.29, 1.82) is 0 Å². The summed E-state index contributed by atoms with van der Waals surface area (Å²) in [4.78, 5) is 2.37. The maximum absolute atomic E-state index is 11.5. The van der Waals surface area contributed by atoms with Gasteiger partial charge in [0.1, 0.15) is 0 Å². The fourth-order valence-corrected chi connectivity index (χ4v) is 3.35. The molecule has 0 spiro atoms. The van der Waals surface area contributed by atoms with E-state index in [1.807, 2.05) is 61.5 Å². The minimum Gasteiger partial charge on any atom is -0.369 e. The smallest absolute Gasteiger partial charge is 0.177 e. The van der Waals surface area contributed by atoms with Crippen LogP contribution in [0.3, 0.4) is 0 Å². The van der Waals surface area contributed by atoms with Crippen LogP contribution in [0.1, 0.15) is 36.0 Å². The second-order valence-corrected chi connectivity index (χ2v) is 6.53. The van der Waals surface area contributed by atoms with Gasteiger partial charge in [0.2, 0.25) is 0 Å². The van der Waals surface area contributed by atoms with Gasteiger partial charge in [-0.25, -0.2) is 0 Å². The Bertz CT molecular complexity index is 722. The summed E-state index contributed by atoms with van der Waals surface area (Å²) in [6, 6.07) is 17.7. The maximum atomic E-state index is 11.5. The second kappa shape index (κ2) is 7.66. The molecule has 24 heavy (non-hydrogen) atoms. The number of hydrogen-bond acceptors (Lipinski definition) is 2. The summed E-state index contributed by atoms with van der Waals surface area (Å²) in [5, 5.41) is 11.5. The van der Waals surface area contributed by atoms with Crippen LogP contribution in [0, 0.1) is 18.8 Å². The molecule has 2 aromatic carbocycles. The highest BCUT2D eigenvalue weighted by Crippen LogP contribution is 2.31. The molecule has 0 aromatic heterocycles. The molecule has 1 N–H and O–H groups in total. The van der Waals surface area contributed by atoms with Crippen LogP contribution in [0.25, 0.3) is 0 Å². The van der Waals surface area contributed by atoms with Gasteiger partial charge in [0, 0.05) is 11.1 Å². The highest BCUT2D eigenvalue weighted by Gasteiger charge is 2.30. The first kappa shape index (κ1) is 16.8. The molecule has 0 bridgehead atoms. The first-order valence-corrected chi connectivity index (χ1v) is 8.76. The number of benzene rings is 2. The first-order valence-electron chi connectivity index (χ1n) is 8.76. The van der Waals surface area contributed by atoms with Crippen LogP contribution in [0.15, 0.2) is 54.6 Å². The monoisotopic (exact) mass is 319 g/mol. The van der Waals surface area contributed by atoms with Gasteiger partial charge in [0.05, 0.1) is 6.54 Å². The van der Waals surface area contributed by atoms with E-state index in [1.165, 1.54) is 19.3 Å². The Labute approximate surface area is 145 Å². The predicted octanol–water partition coefficient (Wildman–Crippen LogP) is 3.72. The van der Waals surface area contributed by atoms with E-state index < -0.39 is 5.60 Å². The van der Waals surface area contributed by atoms with Crippen molar-refractivity contribution < 1.29 is 5.11 Å². The molecule has 0 saturated carbocycles. The van der Waals surface area contributed by atoms with E-state index in [0.717, 1.165) is 36.3 Å². The zero-order valence-electron chi connectivity index (χ0n) is 14.3.